The smallest absolute Gasteiger partial charge is 0.250 e. The summed E-state index contributed by atoms with van der Waals surface area (Å²) in [5, 5.41) is 4.20. The molecule has 1 amide bonds. The number of hydrazone groups is 1. The zero-order chi connectivity index (χ0) is 12.6. The number of amides is 1. The molecule has 96 valence electrons. The van der Waals surface area contributed by atoms with Crippen molar-refractivity contribution in [2.45, 2.75) is 37.0 Å². The molecule has 0 atom stereocenters. The van der Waals surface area contributed by atoms with E-state index >= 15 is 0 Å². The van der Waals surface area contributed by atoms with Gasteiger partial charge in [-0.05, 0) is 37.8 Å². The van der Waals surface area contributed by atoms with Gasteiger partial charge in [-0.2, -0.15) is 5.10 Å². The molecule has 1 aliphatic carbocycles. The Hall–Kier alpha value is -1.29. The van der Waals surface area contributed by atoms with Crippen molar-refractivity contribution in [1.29, 1.82) is 0 Å². The molecule has 1 aromatic rings. The predicted molar refractivity (Wildman–Crippen MR) is 75.8 cm³/mol. The first-order valence-corrected chi connectivity index (χ1v) is 7.35. The van der Waals surface area contributed by atoms with Crippen LogP contribution in [0.15, 0.2) is 40.3 Å². The summed E-state index contributed by atoms with van der Waals surface area (Å²) in [6, 6.07) is 9.93. The molecule has 4 heteroatoms. The molecule has 0 heterocycles. The Balaban J connectivity index is 1.72. The van der Waals surface area contributed by atoms with E-state index in [1.54, 1.807) is 0 Å². The Kier molecular flexibility index (Phi) is 5.27. The lowest BCUT2D eigenvalue weighted by Gasteiger charge is -2.11. The van der Waals surface area contributed by atoms with Gasteiger partial charge in [0.2, 0.25) is 5.91 Å². The van der Waals surface area contributed by atoms with Crippen LogP contribution in [-0.2, 0) is 4.79 Å². The third-order valence-electron chi connectivity index (χ3n) is 2.88. The standard InChI is InChI=1S/C14H18N2OS/c17-14(11-18-13-9-5-2-6-10-13)16-15-12-7-3-1-4-8-12/h2,5-6,9-10H,1,3-4,7-8,11H2,(H,16,17). The Labute approximate surface area is 112 Å². The van der Waals surface area contributed by atoms with Crippen molar-refractivity contribution in [1.82, 2.24) is 5.43 Å². The van der Waals surface area contributed by atoms with Crippen LogP contribution in [0.1, 0.15) is 32.1 Å². The highest BCUT2D eigenvalue weighted by Crippen LogP contribution is 2.16. The molecule has 0 bridgehead atoms. The molecule has 0 aromatic heterocycles. The van der Waals surface area contributed by atoms with Crippen LogP contribution >= 0.6 is 11.8 Å². The number of nitrogens with zero attached hydrogens (tertiary/aromatic N) is 1. The Morgan fingerprint density at radius 1 is 1.17 bits per heavy atom. The first-order valence-electron chi connectivity index (χ1n) is 6.37. The summed E-state index contributed by atoms with van der Waals surface area (Å²) in [5.41, 5.74) is 3.79. The maximum Gasteiger partial charge on any atom is 0.250 e. The summed E-state index contributed by atoms with van der Waals surface area (Å²) in [4.78, 5) is 12.7. The quantitative estimate of drug-likeness (QED) is 0.668. The van der Waals surface area contributed by atoms with E-state index in [0.717, 1.165) is 23.4 Å². The fraction of sp³-hybridized carbons (Fsp3) is 0.429. The summed E-state index contributed by atoms with van der Waals surface area (Å²) in [6.45, 7) is 0. The van der Waals surface area contributed by atoms with E-state index in [4.69, 9.17) is 0 Å². The van der Waals surface area contributed by atoms with E-state index in [2.05, 4.69) is 10.5 Å². The maximum absolute atomic E-state index is 11.6. The average molecular weight is 262 g/mol. The van der Waals surface area contributed by atoms with Gasteiger partial charge in [0.15, 0.2) is 0 Å². The lowest BCUT2D eigenvalue weighted by molar-refractivity contribution is -0.118. The second-order valence-electron chi connectivity index (χ2n) is 4.38. The first kappa shape index (κ1) is 13.1. The third kappa shape index (κ3) is 4.53. The van der Waals surface area contributed by atoms with Gasteiger partial charge in [-0.15, -0.1) is 11.8 Å². The molecule has 1 N–H and O–H groups in total. The summed E-state index contributed by atoms with van der Waals surface area (Å²) in [6.07, 6.45) is 5.76. The van der Waals surface area contributed by atoms with Crippen molar-refractivity contribution >= 4 is 23.4 Å². The zero-order valence-electron chi connectivity index (χ0n) is 10.4. The third-order valence-corrected chi connectivity index (χ3v) is 3.89. The fourth-order valence-electron chi connectivity index (χ4n) is 1.91. The van der Waals surface area contributed by atoms with Gasteiger partial charge in [-0.25, -0.2) is 5.43 Å². The molecule has 3 nitrogen and oxygen atoms in total. The van der Waals surface area contributed by atoms with Gasteiger partial charge < -0.3 is 0 Å². The summed E-state index contributed by atoms with van der Waals surface area (Å²) in [5.74, 6) is 0.391. The van der Waals surface area contributed by atoms with Gasteiger partial charge in [-0.3, -0.25) is 4.79 Å². The highest BCUT2D eigenvalue weighted by Gasteiger charge is 2.07. The number of carbonyl (C=O) groups is 1. The molecule has 1 aromatic carbocycles. The summed E-state index contributed by atoms with van der Waals surface area (Å²) >= 11 is 1.53. The molecule has 0 radical (unpaired) electrons. The number of rotatable bonds is 4. The van der Waals surface area contributed by atoms with Crippen LogP contribution in [0.3, 0.4) is 0 Å². The molecule has 0 saturated heterocycles. The second kappa shape index (κ2) is 7.21. The Morgan fingerprint density at radius 2 is 1.89 bits per heavy atom. The predicted octanol–water partition coefficient (Wildman–Crippen LogP) is 3.22. The summed E-state index contributed by atoms with van der Waals surface area (Å²) < 4.78 is 0. The molecule has 18 heavy (non-hydrogen) atoms. The van der Waals surface area contributed by atoms with E-state index in [9.17, 15) is 4.79 Å². The number of carbonyl (C=O) groups excluding carboxylic acids is 1. The van der Waals surface area contributed by atoms with Crippen molar-refractivity contribution in [2.75, 3.05) is 5.75 Å². The van der Waals surface area contributed by atoms with Crippen LogP contribution in [0.2, 0.25) is 0 Å². The van der Waals surface area contributed by atoms with Crippen LogP contribution in [0, 0.1) is 0 Å². The molecule has 0 unspecified atom stereocenters. The number of thioether (sulfide) groups is 1. The maximum atomic E-state index is 11.6. The molecular weight excluding hydrogens is 244 g/mol. The Morgan fingerprint density at radius 3 is 2.61 bits per heavy atom. The monoisotopic (exact) mass is 262 g/mol. The van der Waals surface area contributed by atoms with E-state index in [-0.39, 0.29) is 5.91 Å². The zero-order valence-corrected chi connectivity index (χ0v) is 11.2. The van der Waals surface area contributed by atoms with Crippen molar-refractivity contribution in [3.05, 3.63) is 30.3 Å². The highest BCUT2D eigenvalue weighted by molar-refractivity contribution is 8.00. The number of benzene rings is 1. The highest BCUT2D eigenvalue weighted by atomic mass is 32.2. The molecule has 1 saturated carbocycles. The van der Waals surface area contributed by atoms with Crippen molar-refractivity contribution in [3.63, 3.8) is 0 Å². The van der Waals surface area contributed by atoms with Crippen LogP contribution in [0.25, 0.3) is 0 Å². The Bertz CT molecular complexity index is 409. The lowest BCUT2D eigenvalue weighted by Crippen LogP contribution is -2.22. The lowest BCUT2D eigenvalue weighted by atomic mass is 9.99. The topological polar surface area (TPSA) is 41.5 Å². The number of hydrogen-bond acceptors (Lipinski definition) is 3. The first-order chi connectivity index (χ1) is 8.84. The van der Waals surface area contributed by atoms with E-state index in [1.165, 1.54) is 31.0 Å². The SMILES string of the molecule is O=C(CSc1ccccc1)NN=C1CCCCC1. The van der Waals surface area contributed by atoms with Gasteiger partial charge in [0, 0.05) is 10.6 Å². The molecule has 1 fully saturated rings. The fourth-order valence-corrected chi connectivity index (χ4v) is 2.62. The summed E-state index contributed by atoms with van der Waals surface area (Å²) in [7, 11) is 0. The van der Waals surface area contributed by atoms with Gasteiger partial charge in [-0.1, -0.05) is 24.6 Å². The number of nitrogens with one attached hydrogen (secondary N) is 1. The van der Waals surface area contributed by atoms with Gasteiger partial charge >= 0.3 is 0 Å². The largest absolute Gasteiger partial charge is 0.272 e. The number of hydrogen-bond donors (Lipinski definition) is 1. The van der Waals surface area contributed by atoms with Crippen LogP contribution in [0.5, 0.6) is 0 Å². The average Bonchev–Trinajstić information content (AvgIpc) is 2.45. The van der Waals surface area contributed by atoms with Crippen LogP contribution < -0.4 is 5.43 Å². The van der Waals surface area contributed by atoms with Crippen molar-refractivity contribution < 1.29 is 4.79 Å². The molecule has 0 spiro atoms. The second-order valence-corrected chi connectivity index (χ2v) is 5.42. The molecule has 1 aliphatic rings. The minimum Gasteiger partial charge on any atom is -0.272 e. The van der Waals surface area contributed by atoms with Gasteiger partial charge in [0.25, 0.3) is 0 Å². The van der Waals surface area contributed by atoms with E-state index in [1.807, 2.05) is 30.3 Å². The van der Waals surface area contributed by atoms with E-state index in [0.29, 0.717) is 5.75 Å². The van der Waals surface area contributed by atoms with Crippen molar-refractivity contribution in [3.8, 4) is 0 Å². The molecule has 0 aliphatic heterocycles. The van der Waals surface area contributed by atoms with Gasteiger partial charge in [0.05, 0.1) is 5.75 Å². The molecular formula is C14H18N2OS. The van der Waals surface area contributed by atoms with Crippen molar-refractivity contribution in [2.24, 2.45) is 5.10 Å². The molecule has 2 rings (SSSR count). The van der Waals surface area contributed by atoms with E-state index < -0.39 is 0 Å². The minimum atomic E-state index is -0.0260. The van der Waals surface area contributed by atoms with Gasteiger partial charge in [0.1, 0.15) is 0 Å². The normalized spacial score (nSPS) is 15.2. The van der Waals surface area contributed by atoms with Crippen LogP contribution in [-0.4, -0.2) is 17.4 Å². The van der Waals surface area contributed by atoms with Crippen LogP contribution in [0.4, 0.5) is 0 Å². The minimum absolute atomic E-state index is 0.0260.